The van der Waals surface area contributed by atoms with Crippen LogP contribution in [-0.2, 0) is 0 Å². The van der Waals surface area contributed by atoms with Crippen molar-refractivity contribution in [2.75, 3.05) is 5.73 Å². The van der Waals surface area contributed by atoms with Crippen molar-refractivity contribution < 1.29 is 0 Å². The maximum absolute atomic E-state index is 5.70. The maximum Gasteiger partial charge on any atom is 0.220 e. The first-order valence-corrected chi connectivity index (χ1v) is 7.21. The topological polar surface area (TPSA) is 64.2 Å². The predicted octanol–water partition coefficient (Wildman–Crippen LogP) is 3.50. The molecule has 0 bridgehead atoms. The molecule has 0 amide bonds. The number of nitrogen functional groups attached to an aromatic ring is 1. The monoisotopic (exact) mass is 272 g/mol. The first-order chi connectivity index (χ1) is 9.39. The summed E-state index contributed by atoms with van der Waals surface area (Å²) in [5.41, 5.74) is 9.45. The summed E-state index contributed by atoms with van der Waals surface area (Å²) >= 11 is 0. The molecule has 1 saturated carbocycles. The normalized spacial score (nSPS) is 18.4. The van der Waals surface area contributed by atoms with Gasteiger partial charge in [-0.25, -0.2) is 9.97 Å². The molecule has 1 aromatic rings. The second-order valence-electron chi connectivity index (χ2n) is 6.35. The van der Waals surface area contributed by atoms with E-state index >= 15 is 0 Å². The van der Waals surface area contributed by atoms with Gasteiger partial charge in [-0.05, 0) is 51.5 Å². The van der Waals surface area contributed by atoms with E-state index in [9.17, 15) is 0 Å². The van der Waals surface area contributed by atoms with Crippen molar-refractivity contribution >= 4 is 17.7 Å². The Hall–Kier alpha value is -1.71. The highest BCUT2D eigenvalue weighted by molar-refractivity contribution is 6.10. The van der Waals surface area contributed by atoms with Crippen molar-refractivity contribution in [2.24, 2.45) is 10.4 Å². The Morgan fingerprint density at radius 2 is 2.20 bits per heavy atom. The largest absolute Gasteiger partial charge is 0.368 e. The average molecular weight is 272 g/mol. The van der Waals surface area contributed by atoms with Gasteiger partial charge in [-0.15, -0.1) is 0 Å². The van der Waals surface area contributed by atoms with Crippen LogP contribution in [0.3, 0.4) is 0 Å². The minimum absolute atomic E-state index is 0.272. The summed E-state index contributed by atoms with van der Waals surface area (Å²) in [5, 5.41) is 0. The van der Waals surface area contributed by atoms with Gasteiger partial charge in [0.15, 0.2) is 0 Å². The lowest BCUT2D eigenvalue weighted by molar-refractivity contribution is 0.568. The van der Waals surface area contributed by atoms with Crippen LogP contribution in [0.5, 0.6) is 0 Å². The van der Waals surface area contributed by atoms with E-state index in [4.69, 9.17) is 5.73 Å². The number of rotatable bonds is 5. The van der Waals surface area contributed by atoms with E-state index in [1.165, 1.54) is 18.4 Å². The summed E-state index contributed by atoms with van der Waals surface area (Å²) in [6.45, 7) is 8.64. The van der Waals surface area contributed by atoms with Gasteiger partial charge >= 0.3 is 0 Å². The molecule has 2 N–H and O–H groups in total. The van der Waals surface area contributed by atoms with Gasteiger partial charge in [-0.3, -0.25) is 4.99 Å². The molecule has 4 heteroatoms. The van der Waals surface area contributed by atoms with Crippen LogP contribution < -0.4 is 5.73 Å². The molecule has 4 nitrogen and oxygen atoms in total. The molecule has 1 heterocycles. The van der Waals surface area contributed by atoms with Crippen molar-refractivity contribution in [1.29, 1.82) is 0 Å². The first kappa shape index (κ1) is 14.7. The molecule has 0 spiro atoms. The highest BCUT2D eigenvalue weighted by Crippen LogP contribution is 2.50. The van der Waals surface area contributed by atoms with Crippen LogP contribution in [0.25, 0.3) is 5.57 Å². The maximum atomic E-state index is 5.70. The second kappa shape index (κ2) is 5.73. The smallest absolute Gasteiger partial charge is 0.220 e. The van der Waals surface area contributed by atoms with Gasteiger partial charge in [-0.2, -0.15) is 0 Å². The van der Waals surface area contributed by atoms with Gasteiger partial charge in [-0.1, -0.05) is 12.5 Å². The molecule has 1 aliphatic rings. The third kappa shape index (κ3) is 3.89. The lowest BCUT2D eigenvalue weighted by atomic mass is 9.95. The number of aliphatic imine (C=N–C) groups is 1. The summed E-state index contributed by atoms with van der Waals surface area (Å²) in [6, 6.07) is 2.17. The molecule has 1 aromatic heterocycles. The Labute approximate surface area is 121 Å². The number of allylic oxidation sites excluding steroid dienone is 2. The molecule has 108 valence electrons. The fourth-order valence-corrected chi connectivity index (χ4v) is 2.27. The van der Waals surface area contributed by atoms with E-state index in [1.807, 2.05) is 12.3 Å². The summed E-state index contributed by atoms with van der Waals surface area (Å²) in [5.74, 6) is 0.309. The van der Waals surface area contributed by atoms with Gasteiger partial charge in [0.05, 0.1) is 5.69 Å². The molecule has 20 heavy (non-hydrogen) atoms. The Balaban J connectivity index is 2.35. The molecule has 0 saturated heterocycles. The van der Waals surface area contributed by atoms with Crippen LogP contribution in [-0.4, -0.2) is 22.2 Å². The van der Waals surface area contributed by atoms with Crippen LogP contribution in [0.1, 0.15) is 52.7 Å². The quantitative estimate of drug-likeness (QED) is 0.834. The average Bonchev–Trinajstić information content (AvgIpc) is 3.06. The lowest BCUT2D eigenvalue weighted by Crippen LogP contribution is -2.03. The molecule has 0 radical (unpaired) electrons. The van der Waals surface area contributed by atoms with E-state index < -0.39 is 0 Å². The summed E-state index contributed by atoms with van der Waals surface area (Å²) in [4.78, 5) is 12.8. The molecule has 1 fully saturated rings. The first-order valence-electron chi connectivity index (χ1n) is 7.21. The molecule has 1 aliphatic carbocycles. The zero-order chi connectivity index (χ0) is 14.8. The fraction of sp³-hybridized carbons (Fsp3) is 0.562. The third-order valence-electron chi connectivity index (χ3n) is 3.71. The predicted molar refractivity (Wildman–Crippen MR) is 84.6 cm³/mol. The van der Waals surface area contributed by atoms with Crippen molar-refractivity contribution in [3.8, 4) is 0 Å². The zero-order valence-corrected chi connectivity index (χ0v) is 12.8. The summed E-state index contributed by atoms with van der Waals surface area (Å²) < 4.78 is 0. The standard InChI is InChI=1S/C16H24N4/c1-11(2)19-10-13(12(3)9-16(4)6-7-16)14-5-8-18-15(17)20-14/h5,8,10-11H,6-7,9H2,1-4H3,(H2,17,18,20)/b13-12-,19-10-. The number of nitrogens with zero attached hydrogens (tertiary/aromatic N) is 3. The molecule has 0 aliphatic heterocycles. The van der Waals surface area contributed by atoms with Gasteiger partial charge in [0, 0.05) is 24.0 Å². The Kier molecular flexibility index (Phi) is 4.21. The Bertz CT molecular complexity index is 539. The van der Waals surface area contributed by atoms with E-state index in [-0.39, 0.29) is 6.04 Å². The van der Waals surface area contributed by atoms with Crippen molar-refractivity contribution in [1.82, 2.24) is 9.97 Å². The van der Waals surface area contributed by atoms with E-state index in [2.05, 4.69) is 42.7 Å². The van der Waals surface area contributed by atoms with Crippen LogP contribution in [0.15, 0.2) is 22.8 Å². The molecular formula is C16H24N4. The lowest BCUT2D eigenvalue weighted by Gasteiger charge is -2.13. The van der Waals surface area contributed by atoms with Crippen LogP contribution in [0.4, 0.5) is 5.95 Å². The molecule has 2 rings (SSSR count). The Morgan fingerprint density at radius 3 is 2.75 bits per heavy atom. The molecular weight excluding hydrogens is 248 g/mol. The van der Waals surface area contributed by atoms with E-state index in [0.29, 0.717) is 11.4 Å². The SMILES string of the molecule is C/C(CC1(C)CC1)=C(\C=N/C(C)C)c1ccnc(N)n1. The zero-order valence-electron chi connectivity index (χ0n) is 12.8. The van der Waals surface area contributed by atoms with Gasteiger partial charge in [0.25, 0.3) is 0 Å². The molecule has 0 unspecified atom stereocenters. The van der Waals surface area contributed by atoms with Crippen LogP contribution in [0.2, 0.25) is 0 Å². The van der Waals surface area contributed by atoms with Crippen LogP contribution >= 0.6 is 0 Å². The van der Waals surface area contributed by atoms with E-state index in [1.54, 1.807) is 6.20 Å². The number of hydrogen-bond donors (Lipinski definition) is 1. The van der Waals surface area contributed by atoms with E-state index in [0.717, 1.165) is 17.7 Å². The van der Waals surface area contributed by atoms with Gasteiger partial charge < -0.3 is 5.73 Å². The summed E-state index contributed by atoms with van der Waals surface area (Å²) in [6.07, 6.45) is 7.35. The highest BCUT2D eigenvalue weighted by atomic mass is 15.0. The summed E-state index contributed by atoms with van der Waals surface area (Å²) in [7, 11) is 0. The second-order valence-corrected chi connectivity index (χ2v) is 6.35. The van der Waals surface area contributed by atoms with Crippen molar-refractivity contribution in [3.63, 3.8) is 0 Å². The number of aromatic nitrogens is 2. The Morgan fingerprint density at radius 1 is 1.50 bits per heavy atom. The molecule has 0 aromatic carbocycles. The highest BCUT2D eigenvalue weighted by Gasteiger charge is 2.37. The number of anilines is 1. The number of nitrogens with two attached hydrogens (primary N) is 1. The minimum Gasteiger partial charge on any atom is -0.368 e. The molecule has 0 atom stereocenters. The van der Waals surface area contributed by atoms with Crippen LogP contribution in [0, 0.1) is 5.41 Å². The minimum atomic E-state index is 0.272. The van der Waals surface area contributed by atoms with Gasteiger partial charge in [0.2, 0.25) is 5.95 Å². The fourth-order valence-electron chi connectivity index (χ4n) is 2.27. The van der Waals surface area contributed by atoms with Crippen molar-refractivity contribution in [3.05, 3.63) is 23.5 Å². The van der Waals surface area contributed by atoms with Crippen molar-refractivity contribution in [2.45, 2.75) is 53.0 Å². The third-order valence-corrected chi connectivity index (χ3v) is 3.71. The van der Waals surface area contributed by atoms with Gasteiger partial charge in [0.1, 0.15) is 0 Å². The number of hydrogen-bond acceptors (Lipinski definition) is 4.